The van der Waals surface area contributed by atoms with Crippen LogP contribution >= 0.6 is 47.8 Å². The third-order valence-corrected chi connectivity index (χ3v) is 6.58. The molecule has 0 saturated carbocycles. The SMILES string of the molecule is CC(C)(C)Cc1c(Br)c(CC(C)(C)C)c(Br)c(CC(C)(C)C)c1Br. The van der Waals surface area contributed by atoms with Gasteiger partial charge in [0.05, 0.1) is 0 Å². The molecule has 1 aromatic carbocycles. The molecule has 0 bridgehead atoms. The van der Waals surface area contributed by atoms with Gasteiger partial charge in [-0.25, -0.2) is 0 Å². The Bertz CT molecular complexity index is 487. The van der Waals surface area contributed by atoms with Crippen LogP contribution in [0.5, 0.6) is 0 Å². The van der Waals surface area contributed by atoms with Crippen LogP contribution in [0.15, 0.2) is 13.4 Å². The fourth-order valence-corrected chi connectivity index (χ4v) is 5.72. The van der Waals surface area contributed by atoms with Gasteiger partial charge < -0.3 is 0 Å². The van der Waals surface area contributed by atoms with Gasteiger partial charge in [-0.3, -0.25) is 0 Å². The Balaban J connectivity index is 3.64. The number of hydrogen-bond donors (Lipinski definition) is 0. The summed E-state index contributed by atoms with van der Waals surface area (Å²) in [7, 11) is 0. The smallest absolute Gasteiger partial charge is 0.0262 e. The molecule has 0 saturated heterocycles. The highest BCUT2D eigenvalue weighted by atomic mass is 79.9. The standard InChI is InChI=1S/C21H33Br3/c1-19(2,3)10-13-16(22)14(11-20(4,5)6)18(24)15(17(13)23)12-21(7,8)9/h10-12H2,1-9H3. The summed E-state index contributed by atoms with van der Waals surface area (Å²) in [6, 6.07) is 0. The Morgan fingerprint density at radius 3 is 0.750 bits per heavy atom. The maximum atomic E-state index is 3.94. The Hall–Kier alpha value is 0.660. The lowest BCUT2D eigenvalue weighted by molar-refractivity contribution is 0.396. The Morgan fingerprint density at radius 2 is 0.625 bits per heavy atom. The van der Waals surface area contributed by atoms with Crippen LogP contribution in [0.25, 0.3) is 0 Å². The zero-order valence-electron chi connectivity index (χ0n) is 16.8. The second kappa shape index (κ2) is 7.72. The van der Waals surface area contributed by atoms with Gasteiger partial charge in [0.25, 0.3) is 0 Å². The van der Waals surface area contributed by atoms with Gasteiger partial charge in [0, 0.05) is 13.4 Å². The minimum Gasteiger partial charge on any atom is -0.0599 e. The van der Waals surface area contributed by atoms with Gasteiger partial charge >= 0.3 is 0 Å². The largest absolute Gasteiger partial charge is 0.0599 e. The lowest BCUT2D eigenvalue weighted by Crippen LogP contribution is -2.17. The van der Waals surface area contributed by atoms with Gasteiger partial charge in [0.15, 0.2) is 0 Å². The van der Waals surface area contributed by atoms with Gasteiger partial charge in [-0.15, -0.1) is 0 Å². The van der Waals surface area contributed by atoms with E-state index in [-0.39, 0.29) is 16.2 Å². The highest BCUT2D eigenvalue weighted by Crippen LogP contribution is 2.45. The van der Waals surface area contributed by atoms with E-state index in [2.05, 4.69) is 110 Å². The normalized spacial score (nSPS) is 13.5. The Morgan fingerprint density at radius 1 is 0.458 bits per heavy atom. The van der Waals surface area contributed by atoms with E-state index >= 15 is 0 Å². The van der Waals surface area contributed by atoms with Crippen molar-refractivity contribution in [2.24, 2.45) is 16.2 Å². The van der Waals surface area contributed by atoms with Crippen molar-refractivity contribution >= 4 is 47.8 Å². The molecule has 0 amide bonds. The van der Waals surface area contributed by atoms with Crippen molar-refractivity contribution in [3.8, 4) is 0 Å². The second-order valence-corrected chi connectivity index (χ2v) is 13.0. The van der Waals surface area contributed by atoms with E-state index in [0.29, 0.717) is 0 Å². The summed E-state index contributed by atoms with van der Waals surface area (Å²) in [6.45, 7) is 20.8. The molecule has 3 heteroatoms. The zero-order chi connectivity index (χ0) is 19.1. The van der Waals surface area contributed by atoms with Crippen molar-refractivity contribution in [1.82, 2.24) is 0 Å². The number of hydrogen-bond acceptors (Lipinski definition) is 0. The van der Waals surface area contributed by atoms with Crippen molar-refractivity contribution in [2.45, 2.75) is 81.6 Å². The average molecular weight is 525 g/mol. The molecule has 0 unspecified atom stereocenters. The molecule has 24 heavy (non-hydrogen) atoms. The summed E-state index contributed by atoms with van der Waals surface area (Å²) in [6.07, 6.45) is 3.15. The maximum absolute atomic E-state index is 3.94. The molecule has 0 aliphatic heterocycles. The summed E-state index contributed by atoms with van der Waals surface area (Å²) < 4.78 is 3.80. The van der Waals surface area contributed by atoms with Crippen LogP contribution in [-0.4, -0.2) is 0 Å². The molecule has 1 rings (SSSR count). The van der Waals surface area contributed by atoms with E-state index in [1.165, 1.54) is 30.1 Å². The van der Waals surface area contributed by atoms with E-state index in [1.54, 1.807) is 0 Å². The quantitative estimate of drug-likeness (QED) is 0.370. The molecule has 0 aromatic heterocycles. The van der Waals surface area contributed by atoms with E-state index in [9.17, 15) is 0 Å². The van der Waals surface area contributed by atoms with Crippen LogP contribution in [-0.2, 0) is 19.3 Å². The van der Waals surface area contributed by atoms with Crippen molar-refractivity contribution in [3.63, 3.8) is 0 Å². The van der Waals surface area contributed by atoms with Crippen molar-refractivity contribution in [3.05, 3.63) is 30.1 Å². The van der Waals surface area contributed by atoms with Gasteiger partial charge in [0.2, 0.25) is 0 Å². The summed E-state index contributed by atoms with van der Waals surface area (Å²) in [4.78, 5) is 0. The third kappa shape index (κ3) is 6.76. The first-order chi connectivity index (χ1) is 10.5. The van der Waals surface area contributed by atoms with Gasteiger partial charge in [-0.1, -0.05) is 110 Å². The van der Waals surface area contributed by atoms with E-state index in [1.807, 2.05) is 0 Å². The predicted molar refractivity (Wildman–Crippen MR) is 119 cm³/mol. The van der Waals surface area contributed by atoms with Gasteiger partial charge in [-0.2, -0.15) is 0 Å². The van der Waals surface area contributed by atoms with Crippen molar-refractivity contribution in [1.29, 1.82) is 0 Å². The topological polar surface area (TPSA) is 0 Å². The molecule has 0 fully saturated rings. The number of rotatable bonds is 3. The third-order valence-electron chi connectivity index (χ3n) is 3.71. The first-order valence-corrected chi connectivity index (χ1v) is 11.1. The highest BCUT2D eigenvalue weighted by molar-refractivity contribution is 9.11. The molecule has 0 radical (unpaired) electrons. The van der Waals surface area contributed by atoms with Crippen LogP contribution in [0.4, 0.5) is 0 Å². The van der Waals surface area contributed by atoms with E-state index < -0.39 is 0 Å². The fourth-order valence-electron chi connectivity index (χ4n) is 2.89. The van der Waals surface area contributed by atoms with Crippen LogP contribution in [0.1, 0.15) is 79.0 Å². The average Bonchev–Trinajstić information content (AvgIpc) is 2.32. The lowest BCUT2D eigenvalue weighted by atomic mass is 9.81. The zero-order valence-corrected chi connectivity index (χ0v) is 21.5. The minimum absolute atomic E-state index is 0.247. The molecule has 0 atom stereocenters. The van der Waals surface area contributed by atoms with Crippen LogP contribution in [0.2, 0.25) is 0 Å². The van der Waals surface area contributed by atoms with E-state index in [0.717, 1.165) is 19.3 Å². The molecule has 1 aromatic rings. The molecule has 138 valence electrons. The van der Waals surface area contributed by atoms with Crippen molar-refractivity contribution in [2.75, 3.05) is 0 Å². The molecular weight excluding hydrogens is 492 g/mol. The molecule has 0 aliphatic rings. The first-order valence-electron chi connectivity index (χ1n) is 8.69. The Kier molecular flexibility index (Phi) is 7.31. The van der Waals surface area contributed by atoms with Crippen LogP contribution < -0.4 is 0 Å². The molecule has 0 nitrogen and oxygen atoms in total. The minimum atomic E-state index is 0.247. The molecular formula is C21H33Br3. The summed E-state index contributed by atoms with van der Waals surface area (Å²) in [5, 5.41) is 0. The number of benzene rings is 1. The summed E-state index contributed by atoms with van der Waals surface area (Å²) in [5.74, 6) is 0. The van der Waals surface area contributed by atoms with Crippen LogP contribution in [0, 0.1) is 16.2 Å². The number of halogens is 3. The van der Waals surface area contributed by atoms with Crippen LogP contribution in [0.3, 0.4) is 0 Å². The Labute approximate surface area is 175 Å². The fraction of sp³-hybridized carbons (Fsp3) is 0.714. The lowest BCUT2D eigenvalue weighted by Gasteiger charge is -2.29. The maximum Gasteiger partial charge on any atom is 0.0262 e. The molecule has 0 heterocycles. The second-order valence-electron chi connectivity index (χ2n) is 10.6. The molecule has 0 N–H and O–H groups in total. The first kappa shape index (κ1) is 22.7. The molecule has 0 aliphatic carbocycles. The highest BCUT2D eigenvalue weighted by Gasteiger charge is 2.27. The monoisotopic (exact) mass is 522 g/mol. The summed E-state index contributed by atoms with van der Waals surface area (Å²) in [5.41, 5.74) is 4.96. The van der Waals surface area contributed by atoms with Crippen molar-refractivity contribution < 1.29 is 0 Å². The molecule has 0 spiro atoms. The van der Waals surface area contributed by atoms with Gasteiger partial charge in [0.1, 0.15) is 0 Å². The van der Waals surface area contributed by atoms with Gasteiger partial charge in [-0.05, 0) is 52.2 Å². The predicted octanol–water partition coefficient (Wildman–Crippen LogP) is 8.74. The summed E-state index contributed by atoms with van der Waals surface area (Å²) >= 11 is 11.8. The van der Waals surface area contributed by atoms with E-state index in [4.69, 9.17) is 0 Å².